The summed E-state index contributed by atoms with van der Waals surface area (Å²) < 4.78 is 13.2. The van der Waals surface area contributed by atoms with Crippen molar-refractivity contribution in [2.75, 3.05) is 5.32 Å². The minimum atomic E-state index is -0.610. The van der Waals surface area contributed by atoms with Crippen LogP contribution in [-0.2, 0) is 4.79 Å². The van der Waals surface area contributed by atoms with Crippen molar-refractivity contribution in [1.82, 2.24) is 20.4 Å². The van der Waals surface area contributed by atoms with Gasteiger partial charge < -0.3 is 10.6 Å². The molecule has 0 bridgehead atoms. The summed E-state index contributed by atoms with van der Waals surface area (Å²) in [5, 5.41) is 12.9. The maximum atomic E-state index is 13.2. The van der Waals surface area contributed by atoms with Crippen molar-refractivity contribution in [2.24, 2.45) is 0 Å². The lowest BCUT2D eigenvalue weighted by molar-refractivity contribution is -0.113. The van der Waals surface area contributed by atoms with Crippen molar-refractivity contribution < 1.29 is 14.0 Å². The fourth-order valence-electron chi connectivity index (χ4n) is 3.76. The third-order valence-electron chi connectivity index (χ3n) is 5.26. The number of allylic oxidation sites excluding steroid dienone is 1. The second-order valence-corrected chi connectivity index (χ2v) is 7.29. The van der Waals surface area contributed by atoms with Crippen LogP contribution in [0.4, 0.5) is 14.9 Å². The number of carbonyl (C=O) groups is 2. The van der Waals surface area contributed by atoms with Crippen LogP contribution in [0.25, 0.3) is 0 Å². The van der Waals surface area contributed by atoms with Gasteiger partial charge in [-0.3, -0.25) is 14.8 Å². The molecule has 8 heteroatoms. The topological polar surface area (TPSA) is 90.1 Å². The highest BCUT2D eigenvalue weighted by Gasteiger charge is 2.43. The van der Waals surface area contributed by atoms with Gasteiger partial charge in [-0.05, 0) is 57.9 Å². The number of halogens is 1. The number of hydrogen-bond acceptors (Lipinski definition) is 3. The van der Waals surface area contributed by atoms with E-state index in [4.69, 9.17) is 0 Å². The van der Waals surface area contributed by atoms with Crippen LogP contribution in [0, 0.1) is 19.7 Å². The van der Waals surface area contributed by atoms with Crippen molar-refractivity contribution >= 4 is 17.6 Å². The molecule has 7 nitrogen and oxygen atoms in total. The number of H-pyrrole nitrogens is 1. The van der Waals surface area contributed by atoms with Crippen LogP contribution < -0.4 is 10.6 Å². The van der Waals surface area contributed by atoms with E-state index in [1.165, 1.54) is 24.3 Å². The highest BCUT2D eigenvalue weighted by Crippen LogP contribution is 2.39. The first-order valence-electron chi connectivity index (χ1n) is 9.25. The molecule has 1 aromatic heterocycles. The SMILES string of the molecule is CC1=C(C(=O)Nc2ccc(F)cc2)[C@@H](c2c(C)n[nH]c2C)NC(=O)N1C1CC1. The summed E-state index contributed by atoms with van der Waals surface area (Å²) in [6.07, 6.45) is 1.85. The largest absolute Gasteiger partial charge is 0.326 e. The Balaban J connectivity index is 1.76. The molecule has 146 valence electrons. The van der Waals surface area contributed by atoms with E-state index in [9.17, 15) is 14.0 Å². The molecular weight excluding hydrogens is 361 g/mol. The standard InChI is InChI=1S/C20H22FN5O2/c1-10-16(11(2)25-24-10)18-17(12(3)26(15-8-9-15)20(28)23-18)19(27)22-14-6-4-13(21)5-7-14/h4-7,15,18H,8-9H2,1-3H3,(H,22,27)(H,23,28)(H,24,25)/t18-/m1/s1. The van der Waals surface area contributed by atoms with Crippen LogP contribution in [0.3, 0.4) is 0 Å². The molecule has 1 aromatic carbocycles. The monoisotopic (exact) mass is 383 g/mol. The second kappa shape index (κ2) is 6.78. The highest BCUT2D eigenvalue weighted by molar-refractivity contribution is 6.06. The van der Waals surface area contributed by atoms with Crippen LogP contribution in [0.1, 0.15) is 42.8 Å². The molecule has 1 atom stereocenters. The number of urea groups is 1. The van der Waals surface area contributed by atoms with Gasteiger partial charge in [0.25, 0.3) is 5.91 Å². The first kappa shape index (κ1) is 18.2. The number of aromatic nitrogens is 2. The van der Waals surface area contributed by atoms with E-state index in [1.54, 1.807) is 11.8 Å². The molecule has 0 spiro atoms. The van der Waals surface area contributed by atoms with Crippen molar-refractivity contribution in [3.05, 3.63) is 58.3 Å². The van der Waals surface area contributed by atoms with Crippen LogP contribution in [0.15, 0.2) is 35.5 Å². The number of carbonyl (C=O) groups excluding carboxylic acids is 2. The number of nitrogens with zero attached hydrogens (tertiary/aromatic N) is 2. The van der Waals surface area contributed by atoms with Gasteiger partial charge in [0.05, 0.1) is 17.3 Å². The Kier molecular flexibility index (Phi) is 4.41. The normalized spacial score (nSPS) is 19.6. The van der Waals surface area contributed by atoms with Crippen LogP contribution in [0.2, 0.25) is 0 Å². The van der Waals surface area contributed by atoms with Crippen molar-refractivity contribution in [1.29, 1.82) is 0 Å². The van der Waals surface area contributed by atoms with Gasteiger partial charge in [0.2, 0.25) is 0 Å². The molecule has 1 saturated carbocycles. The average Bonchev–Trinajstić information content (AvgIpc) is 3.41. The van der Waals surface area contributed by atoms with Gasteiger partial charge in [-0.25, -0.2) is 9.18 Å². The Labute approximate surface area is 162 Å². The van der Waals surface area contributed by atoms with Gasteiger partial charge in [-0.15, -0.1) is 0 Å². The van der Waals surface area contributed by atoms with Crippen molar-refractivity contribution in [3.8, 4) is 0 Å². The zero-order chi connectivity index (χ0) is 20.0. The maximum Gasteiger partial charge on any atom is 0.322 e. The van der Waals surface area contributed by atoms with Crippen molar-refractivity contribution in [2.45, 2.75) is 45.7 Å². The number of aryl methyl sites for hydroxylation is 2. The van der Waals surface area contributed by atoms with Gasteiger partial charge in [0.15, 0.2) is 0 Å². The van der Waals surface area contributed by atoms with Crippen molar-refractivity contribution in [3.63, 3.8) is 0 Å². The van der Waals surface area contributed by atoms with Gasteiger partial charge in [-0.2, -0.15) is 5.10 Å². The molecular formula is C20H22FN5O2. The Morgan fingerprint density at radius 2 is 1.89 bits per heavy atom. The summed E-state index contributed by atoms with van der Waals surface area (Å²) in [4.78, 5) is 27.6. The number of amides is 3. The third-order valence-corrected chi connectivity index (χ3v) is 5.26. The lowest BCUT2D eigenvalue weighted by Crippen LogP contribution is -2.49. The summed E-state index contributed by atoms with van der Waals surface area (Å²) in [6, 6.07) is 4.90. The smallest absolute Gasteiger partial charge is 0.322 e. The number of anilines is 1. The molecule has 3 N–H and O–H groups in total. The maximum absolute atomic E-state index is 13.2. The predicted octanol–water partition coefficient (Wildman–Crippen LogP) is 3.31. The molecule has 2 aliphatic rings. The van der Waals surface area contributed by atoms with Crippen LogP contribution in [0.5, 0.6) is 0 Å². The first-order chi connectivity index (χ1) is 13.4. The van der Waals surface area contributed by atoms with E-state index < -0.39 is 6.04 Å². The molecule has 0 saturated heterocycles. The molecule has 0 radical (unpaired) electrons. The Morgan fingerprint density at radius 3 is 2.46 bits per heavy atom. The Morgan fingerprint density at radius 1 is 1.21 bits per heavy atom. The molecule has 3 amide bonds. The second-order valence-electron chi connectivity index (χ2n) is 7.29. The summed E-state index contributed by atoms with van der Waals surface area (Å²) in [5.41, 5.74) is 3.89. The molecule has 1 aliphatic heterocycles. The van der Waals surface area contributed by atoms with Gasteiger partial charge >= 0.3 is 6.03 Å². The van der Waals surface area contributed by atoms with Crippen LogP contribution in [-0.4, -0.2) is 33.1 Å². The molecule has 4 rings (SSSR count). The summed E-state index contributed by atoms with van der Waals surface area (Å²) in [5.74, 6) is -0.708. The lowest BCUT2D eigenvalue weighted by atomic mass is 9.92. The number of nitrogens with one attached hydrogen (secondary N) is 3. The predicted molar refractivity (Wildman–Crippen MR) is 102 cm³/mol. The third kappa shape index (κ3) is 3.15. The zero-order valence-electron chi connectivity index (χ0n) is 16.0. The van der Waals surface area contributed by atoms with Gasteiger partial charge in [-0.1, -0.05) is 0 Å². The van der Waals surface area contributed by atoms with E-state index in [1.807, 2.05) is 13.8 Å². The highest BCUT2D eigenvalue weighted by atomic mass is 19.1. The molecule has 1 fully saturated rings. The zero-order valence-corrected chi connectivity index (χ0v) is 16.0. The van der Waals surface area contributed by atoms with E-state index in [-0.39, 0.29) is 23.8 Å². The minimum Gasteiger partial charge on any atom is -0.326 e. The number of benzene rings is 1. The van der Waals surface area contributed by atoms with E-state index in [2.05, 4.69) is 20.8 Å². The fraction of sp³-hybridized carbons (Fsp3) is 0.350. The minimum absolute atomic E-state index is 0.126. The number of hydrogen-bond donors (Lipinski definition) is 3. The Bertz CT molecular complexity index is 955. The summed E-state index contributed by atoms with van der Waals surface area (Å²) in [6.45, 7) is 5.50. The van der Waals surface area contributed by atoms with E-state index in [0.29, 0.717) is 17.0 Å². The van der Waals surface area contributed by atoms with Crippen LogP contribution >= 0.6 is 0 Å². The molecule has 2 heterocycles. The Hall–Kier alpha value is -3.16. The molecule has 1 aliphatic carbocycles. The molecule has 2 aromatic rings. The lowest BCUT2D eigenvalue weighted by Gasteiger charge is -2.36. The molecule has 0 unspecified atom stereocenters. The van der Waals surface area contributed by atoms with Gasteiger partial charge in [0, 0.05) is 28.7 Å². The average molecular weight is 383 g/mol. The van der Waals surface area contributed by atoms with Gasteiger partial charge in [0.1, 0.15) is 5.82 Å². The number of aromatic amines is 1. The quantitative estimate of drug-likeness (QED) is 0.757. The van der Waals surface area contributed by atoms with E-state index >= 15 is 0 Å². The fourth-order valence-corrected chi connectivity index (χ4v) is 3.76. The molecule has 28 heavy (non-hydrogen) atoms. The summed E-state index contributed by atoms with van der Waals surface area (Å²) in [7, 11) is 0. The van der Waals surface area contributed by atoms with E-state index in [0.717, 1.165) is 29.8 Å². The summed E-state index contributed by atoms with van der Waals surface area (Å²) >= 11 is 0. The number of rotatable bonds is 4. The first-order valence-corrected chi connectivity index (χ1v) is 9.25.